The van der Waals surface area contributed by atoms with Gasteiger partial charge in [0.05, 0.1) is 11.0 Å². The Bertz CT molecular complexity index is 204. The molecule has 0 amide bonds. The molecule has 2 fully saturated rings. The summed E-state index contributed by atoms with van der Waals surface area (Å²) in [5, 5.41) is 0.0995. The van der Waals surface area contributed by atoms with Gasteiger partial charge in [0, 0.05) is 0 Å². The van der Waals surface area contributed by atoms with Crippen LogP contribution in [0.1, 0.15) is 12.8 Å². The number of hydrogen-bond donors (Lipinski definition) is 0. The molecule has 1 aliphatic heterocycles. The molecule has 3 heteroatoms. The average molecular weight is 132 g/mol. The molecule has 1 heterocycles. The molecule has 0 bridgehead atoms. The Labute approximate surface area is 48.8 Å². The molecular weight excluding hydrogens is 124 g/mol. The first-order chi connectivity index (χ1) is 3.70. The molecule has 2 aliphatic rings. The highest BCUT2D eigenvalue weighted by Gasteiger charge is 2.52. The van der Waals surface area contributed by atoms with Crippen LogP contribution in [0.4, 0.5) is 0 Å². The maximum atomic E-state index is 10.8. The topological polar surface area (TPSA) is 34.1 Å². The van der Waals surface area contributed by atoms with Crippen molar-refractivity contribution in [1.82, 2.24) is 0 Å². The highest BCUT2D eigenvalue weighted by molar-refractivity contribution is 7.92. The number of rotatable bonds is 0. The Morgan fingerprint density at radius 2 is 2.12 bits per heavy atom. The van der Waals surface area contributed by atoms with E-state index < -0.39 is 9.84 Å². The third-order valence-electron chi connectivity index (χ3n) is 2.09. The van der Waals surface area contributed by atoms with Gasteiger partial charge in [0.1, 0.15) is 0 Å². The molecule has 1 saturated heterocycles. The molecule has 2 rings (SSSR count). The third kappa shape index (κ3) is 0.452. The van der Waals surface area contributed by atoms with Gasteiger partial charge in [0.2, 0.25) is 0 Å². The van der Waals surface area contributed by atoms with Gasteiger partial charge < -0.3 is 0 Å². The Kier molecular flexibility index (Phi) is 0.660. The lowest BCUT2D eigenvalue weighted by atomic mass is 10.3. The lowest BCUT2D eigenvalue weighted by Crippen LogP contribution is -2.04. The summed E-state index contributed by atoms with van der Waals surface area (Å²) < 4.78 is 21.6. The van der Waals surface area contributed by atoms with Crippen molar-refractivity contribution < 1.29 is 8.42 Å². The van der Waals surface area contributed by atoms with E-state index in [0.29, 0.717) is 11.7 Å². The standard InChI is InChI=1S/C5H8O2S/c6-8(7)2-1-4-3-5(4)8/h4-5H,1-3H2/t4-,5+/m0/s1. The summed E-state index contributed by atoms with van der Waals surface area (Å²) in [6.07, 6.45) is 1.90. The van der Waals surface area contributed by atoms with Crippen LogP contribution in [0.5, 0.6) is 0 Å². The van der Waals surface area contributed by atoms with E-state index in [0.717, 1.165) is 12.8 Å². The van der Waals surface area contributed by atoms with E-state index in [1.807, 2.05) is 0 Å². The monoisotopic (exact) mass is 132 g/mol. The molecule has 0 aromatic heterocycles. The maximum absolute atomic E-state index is 10.8. The van der Waals surface area contributed by atoms with Crippen molar-refractivity contribution in [2.45, 2.75) is 18.1 Å². The van der Waals surface area contributed by atoms with E-state index in [-0.39, 0.29) is 5.25 Å². The molecule has 8 heavy (non-hydrogen) atoms. The van der Waals surface area contributed by atoms with Crippen molar-refractivity contribution in [3.8, 4) is 0 Å². The van der Waals surface area contributed by atoms with Gasteiger partial charge in [-0.05, 0) is 18.8 Å². The molecule has 2 nitrogen and oxygen atoms in total. The van der Waals surface area contributed by atoms with E-state index in [2.05, 4.69) is 0 Å². The number of fused-ring (bicyclic) bond motifs is 1. The molecule has 1 aliphatic carbocycles. The van der Waals surface area contributed by atoms with E-state index >= 15 is 0 Å². The minimum absolute atomic E-state index is 0.0995. The van der Waals surface area contributed by atoms with E-state index in [9.17, 15) is 8.42 Å². The summed E-state index contributed by atoms with van der Waals surface area (Å²) in [4.78, 5) is 0. The molecule has 2 atom stereocenters. The molecule has 0 radical (unpaired) electrons. The van der Waals surface area contributed by atoms with Crippen molar-refractivity contribution in [3.05, 3.63) is 0 Å². The predicted octanol–water partition coefficient (Wildman–Crippen LogP) is 0.193. The van der Waals surface area contributed by atoms with Crippen LogP contribution >= 0.6 is 0 Å². The van der Waals surface area contributed by atoms with Crippen LogP contribution < -0.4 is 0 Å². The van der Waals surface area contributed by atoms with Gasteiger partial charge in [0.15, 0.2) is 9.84 Å². The summed E-state index contributed by atoms with van der Waals surface area (Å²) in [7, 11) is -2.55. The second-order valence-corrected chi connectivity index (χ2v) is 5.03. The van der Waals surface area contributed by atoms with Crippen LogP contribution in [0.25, 0.3) is 0 Å². The second-order valence-electron chi connectivity index (χ2n) is 2.69. The fourth-order valence-electron chi connectivity index (χ4n) is 1.43. The van der Waals surface area contributed by atoms with E-state index in [4.69, 9.17) is 0 Å². The molecule has 46 valence electrons. The van der Waals surface area contributed by atoms with Crippen LogP contribution in [0.15, 0.2) is 0 Å². The van der Waals surface area contributed by atoms with Crippen LogP contribution in [-0.4, -0.2) is 19.4 Å². The number of sulfone groups is 1. The Morgan fingerprint density at radius 1 is 1.38 bits per heavy atom. The van der Waals surface area contributed by atoms with Crippen molar-refractivity contribution >= 4 is 9.84 Å². The van der Waals surface area contributed by atoms with Gasteiger partial charge in [-0.2, -0.15) is 0 Å². The highest BCUT2D eigenvalue weighted by atomic mass is 32.2. The minimum Gasteiger partial charge on any atom is -0.229 e. The molecule has 0 spiro atoms. The molecule has 0 aromatic carbocycles. The predicted molar refractivity (Wildman–Crippen MR) is 30.3 cm³/mol. The van der Waals surface area contributed by atoms with E-state index in [1.165, 1.54) is 0 Å². The fraction of sp³-hybridized carbons (Fsp3) is 1.00. The molecule has 0 aromatic rings. The zero-order chi connectivity index (χ0) is 5.78. The molecule has 0 unspecified atom stereocenters. The SMILES string of the molecule is O=S1(=O)CC[C@H]2C[C@H]21. The van der Waals surface area contributed by atoms with Crippen molar-refractivity contribution in [2.24, 2.45) is 5.92 Å². The fourth-order valence-corrected chi connectivity index (χ4v) is 3.63. The quantitative estimate of drug-likeness (QED) is 0.471. The van der Waals surface area contributed by atoms with Crippen molar-refractivity contribution in [2.75, 3.05) is 5.75 Å². The smallest absolute Gasteiger partial charge is 0.153 e. The van der Waals surface area contributed by atoms with Crippen molar-refractivity contribution in [1.29, 1.82) is 0 Å². The summed E-state index contributed by atoms with van der Waals surface area (Å²) in [6, 6.07) is 0. The first-order valence-electron chi connectivity index (χ1n) is 2.92. The summed E-state index contributed by atoms with van der Waals surface area (Å²) in [5.41, 5.74) is 0. The molecule has 1 saturated carbocycles. The second kappa shape index (κ2) is 1.10. The highest BCUT2D eigenvalue weighted by Crippen LogP contribution is 2.46. The molecule has 0 N–H and O–H groups in total. The van der Waals surface area contributed by atoms with Gasteiger partial charge in [-0.15, -0.1) is 0 Å². The summed E-state index contributed by atoms with van der Waals surface area (Å²) in [5.74, 6) is 1.03. The zero-order valence-corrected chi connectivity index (χ0v) is 5.32. The normalized spacial score (nSPS) is 48.5. The lowest BCUT2D eigenvalue weighted by Gasteiger charge is -1.88. The third-order valence-corrected chi connectivity index (χ3v) is 4.40. The summed E-state index contributed by atoms with van der Waals surface area (Å²) >= 11 is 0. The van der Waals surface area contributed by atoms with Gasteiger partial charge in [-0.25, -0.2) is 8.42 Å². The Balaban J connectivity index is 2.42. The van der Waals surface area contributed by atoms with Gasteiger partial charge in [-0.3, -0.25) is 0 Å². The average Bonchev–Trinajstić information content (AvgIpc) is 2.34. The van der Waals surface area contributed by atoms with Gasteiger partial charge >= 0.3 is 0 Å². The van der Waals surface area contributed by atoms with Crippen LogP contribution in [-0.2, 0) is 9.84 Å². The Morgan fingerprint density at radius 3 is 2.25 bits per heavy atom. The number of hydrogen-bond acceptors (Lipinski definition) is 2. The Hall–Kier alpha value is -0.0500. The van der Waals surface area contributed by atoms with Crippen LogP contribution in [0.2, 0.25) is 0 Å². The first-order valence-corrected chi connectivity index (χ1v) is 4.63. The lowest BCUT2D eigenvalue weighted by molar-refractivity contribution is 0.598. The minimum atomic E-state index is -2.55. The van der Waals surface area contributed by atoms with Crippen LogP contribution in [0, 0.1) is 5.92 Å². The zero-order valence-electron chi connectivity index (χ0n) is 4.50. The largest absolute Gasteiger partial charge is 0.229 e. The van der Waals surface area contributed by atoms with Crippen LogP contribution in [0.3, 0.4) is 0 Å². The first kappa shape index (κ1) is 4.79. The van der Waals surface area contributed by atoms with Gasteiger partial charge in [-0.1, -0.05) is 0 Å². The van der Waals surface area contributed by atoms with Crippen molar-refractivity contribution in [3.63, 3.8) is 0 Å². The maximum Gasteiger partial charge on any atom is 0.153 e. The molecular formula is C5H8O2S. The van der Waals surface area contributed by atoms with E-state index in [1.54, 1.807) is 0 Å². The summed E-state index contributed by atoms with van der Waals surface area (Å²) in [6.45, 7) is 0. The van der Waals surface area contributed by atoms with Gasteiger partial charge in [0.25, 0.3) is 0 Å².